The molecule has 0 saturated carbocycles. The first kappa shape index (κ1) is 18.3. The van der Waals surface area contributed by atoms with Crippen LogP contribution in [0.15, 0.2) is 0 Å². The molecule has 12 heteroatoms. The summed E-state index contributed by atoms with van der Waals surface area (Å²) < 4.78 is 106. The number of alkyl halides is 7. The summed E-state index contributed by atoms with van der Waals surface area (Å²) in [6, 6.07) is 0. The van der Waals surface area contributed by atoms with Crippen LogP contribution in [0.1, 0.15) is 0 Å². The molecule has 0 radical (unpaired) electrons. The molecule has 0 aliphatic carbocycles. The van der Waals surface area contributed by atoms with E-state index in [2.05, 4.69) is 0 Å². The molecular weight excluding hydrogens is 267 g/mol. The van der Waals surface area contributed by atoms with Gasteiger partial charge in [-0.15, -0.1) is 0 Å². The molecule has 0 aliphatic heterocycles. The van der Waals surface area contributed by atoms with E-state index in [1.54, 1.807) is 0 Å². The molecule has 0 spiro atoms. The van der Waals surface area contributed by atoms with Crippen molar-refractivity contribution >= 4 is 6.70 Å². The van der Waals surface area contributed by atoms with Gasteiger partial charge in [0.25, 0.3) is 5.82 Å². The van der Waals surface area contributed by atoms with Gasteiger partial charge in [-0.2, -0.15) is 22.0 Å². The number of nitriles is 1. The van der Waals surface area contributed by atoms with Crippen molar-refractivity contribution < 1.29 is 68.9 Å². The molecule has 0 atom stereocenters. The summed E-state index contributed by atoms with van der Waals surface area (Å²) in [4.78, 5) is 0. The van der Waals surface area contributed by atoms with Crippen molar-refractivity contribution in [3.63, 3.8) is 0 Å². The largest absolute Gasteiger partial charge is 1.00 e. The van der Waals surface area contributed by atoms with Crippen molar-refractivity contribution in [3.8, 4) is 5.97 Å². The van der Waals surface area contributed by atoms with Gasteiger partial charge >= 0.3 is 48.4 Å². The SMILES string of the molecule is N#C[B-](F)(F)C(F)(F)C(F)(F)C(F)(F)F.[Na+]. The van der Waals surface area contributed by atoms with Gasteiger partial charge in [0.1, 0.15) is 0 Å². The zero-order valence-corrected chi connectivity index (χ0v) is 9.43. The van der Waals surface area contributed by atoms with E-state index in [1.807, 2.05) is 0 Å². The smallest absolute Gasteiger partial charge is 0.461 e. The maximum Gasteiger partial charge on any atom is 1.00 e. The predicted molar refractivity (Wildman–Crippen MR) is 29.5 cm³/mol. The van der Waals surface area contributed by atoms with Crippen molar-refractivity contribution in [3.05, 3.63) is 0 Å². The average molecular weight is 267 g/mol. The number of nitrogens with zero attached hydrogens (tertiary/aromatic N) is 1. The Morgan fingerprint density at radius 2 is 1.19 bits per heavy atom. The summed E-state index contributed by atoms with van der Waals surface area (Å²) in [6.07, 6.45) is -6.86. The molecule has 1 nitrogen and oxygen atoms in total. The maximum atomic E-state index is 12.1. The topological polar surface area (TPSA) is 23.8 Å². The second-order valence-electron chi connectivity index (χ2n) is 2.49. The first-order chi connectivity index (χ1) is 6.31. The minimum atomic E-state index is -6.96. The van der Waals surface area contributed by atoms with E-state index in [1.165, 1.54) is 0 Å². The van der Waals surface area contributed by atoms with E-state index in [4.69, 9.17) is 5.26 Å². The summed E-state index contributed by atoms with van der Waals surface area (Å²) in [5.41, 5.74) is 0. The van der Waals surface area contributed by atoms with Crippen LogP contribution < -0.4 is 29.6 Å². The monoisotopic (exact) mass is 267 g/mol. The summed E-state index contributed by atoms with van der Waals surface area (Å²) >= 11 is 0. The molecule has 0 saturated heterocycles. The summed E-state index contributed by atoms with van der Waals surface area (Å²) in [5, 5.41) is 7.41. The van der Waals surface area contributed by atoms with Gasteiger partial charge in [0.2, 0.25) is 0 Å². The van der Waals surface area contributed by atoms with Crippen molar-refractivity contribution in [1.82, 2.24) is 0 Å². The predicted octanol–water partition coefficient (Wildman–Crippen LogP) is -0.194. The Morgan fingerprint density at radius 3 is 1.38 bits per heavy atom. The number of hydrogen-bond acceptors (Lipinski definition) is 1. The van der Waals surface area contributed by atoms with Crippen molar-refractivity contribution in [2.75, 3.05) is 0 Å². The van der Waals surface area contributed by atoms with Crippen LogP contribution in [0.3, 0.4) is 0 Å². The molecule has 88 valence electrons. The van der Waals surface area contributed by atoms with Crippen LogP contribution in [0.2, 0.25) is 0 Å². The van der Waals surface area contributed by atoms with E-state index in [0.717, 1.165) is 0 Å². The van der Waals surface area contributed by atoms with Crippen LogP contribution in [0.25, 0.3) is 0 Å². The van der Waals surface area contributed by atoms with Gasteiger partial charge in [-0.25, -0.2) is 14.0 Å². The summed E-state index contributed by atoms with van der Waals surface area (Å²) in [6.45, 7) is -6.81. The first-order valence-corrected chi connectivity index (χ1v) is 3.06. The van der Waals surface area contributed by atoms with Crippen molar-refractivity contribution in [2.24, 2.45) is 0 Å². The molecule has 0 rings (SSSR count). The Kier molecular flexibility index (Phi) is 5.33. The van der Waals surface area contributed by atoms with Crippen LogP contribution in [0.4, 0.5) is 39.4 Å². The molecule has 0 aromatic rings. The Bertz CT molecular complexity index is 291. The van der Waals surface area contributed by atoms with E-state index in [9.17, 15) is 39.4 Å². The zero-order chi connectivity index (χ0) is 12.7. The number of rotatable bonds is 2. The Hall–Kier alpha value is -0.0751. The molecule has 0 fully saturated rings. The Balaban J connectivity index is 0. The molecule has 0 heterocycles. The minimum absolute atomic E-state index is 0. The molecule has 16 heavy (non-hydrogen) atoms. The third-order valence-corrected chi connectivity index (χ3v) is 1.39. The van der Waals surface area contributed by atoms with Crippen LogP contribution in [-0.2, 0) is 0 Å². The van der Waals surface area contributed by atoms with Gasteiger partial charge in [0.15, 0.2) is 0 Å². The van der Waals surface area contributed by atoms with Gasteiger partial charge in [-0.05, 0) is 0 Å². The fourth-order valence-electron chi connectivity index (χ4n) is 0.498. The van der Waals surface area contributed by atoms with Crippen LogP contribution in [-0.4, -0.2) is 24.6 Å². The van der Waals surface area contributed by atoms with E-state index >= 15 is 0 Å². The standard InChI is InChI=1S/C4BF9N.Na/c6-2(7,4(10,11)12)3(8,9)5(13,14)1-15;/q-1;+1. The molecule has 0 aliphatic rings. The van der Waals surface area contributed by atoms with Crippen LogP contribution in [0, 0.1) is 11.2 Å². The minimum Gasteiger partial charge on any atom is -0.461 e. The summed E-state index contributed by atoms with van der Waals surface area (Å²) in [5.74, 6) is -14.3. The van der Waals surface area contributed by atoms with Gasteiger partial charge in [0.05, 0.1) is 0 Å². The molecule has 0 aromatic carbocycles. The molecule has 0 bridgehead atoms. The Labute approximate surface area is 105 Å². The number of hydrogen-bond donors (Lipinski definition) is 0. The fourth-order valence-corrected chi connectivity index (χ4v) is 0.498. The second kappa shape index (κ2) is 4.66. The van der Waals surface area contributed by atoms with Gasteiger partial charge in [-0.3, -0.25) is 0 Å². The van der Waals surface area contributed by atoms with Crippen LogP contribution in [0.5, 0.6) is 0 Å². The van der Waals surface area contributed by atoms with E-state index in [0.29, 0.717) is 0 Å². The Morgan fingerprint density at radius 1 is 0.875 bits per heavy atom. The quantitative estimate of drug-likeness (QED) is 0.502. The van der Waals surface area contributed by atoms with Crippen molar-refractivity contribution in [1.29, 1.82) is 5.26 Å². The van der Waals surface area contributed by atoms with E-state index < -0.39 is 30.6 Å². The molecule has 0 unspecified atom stereocenters. The summed E-state index contributed by atoms with van der Waals surface area (Å²) in [7, 11) is 0. The van der Waals surface area contributed by atoms with Gasteiger partial charge < -0.3 is 8.63 Å². The van der Waals surface area contributed by atoms with Crippen LogP contribution >= 0.6 is 0 Å². The average Bonchev–Trinajstić information content (AvgIpc) is 2.01. The third-order valence-electron chi connectivity index (χ3n) is 1.39. The molecule has 0 aromatic heterocycles. The van der Waals surface area contributed by atoms with E-state index in [-0.39, 0.29) is 29.6 Å². The fraction of sp³-hybridized carbons (Fsp3) is 0.750. The van der Waals surface area contributed by atoms with Gasteiger partial charge in [0, 0.05) is 0 Å². The second-order valence-corrected chi connectivity index (χ2v) is 2.49. The normalized spacial score (nSPS) is 14.0. The molecule has 0 amide bonds. The number of halogens is 9. The van der Waals surface area contributed by atoms with Gasteiger partial charge in [-0.1, -0.05) is 5.97 Å². The maximum absolute atomic E-state index is 12.1. The molecule has 0 N–H and O–H groups in total. The molecular formula is C4BF9NNa. The zero-order valence-electron chi connectivity index (χ0n) is 7.43. The van der Waals surface area contributed by atoms with Crippen molar-refractivity contribution in [2.45, 2.75) is 17.9 Å². The third kappa shape index (κ3) is 2.60. The first-order valence-electron chi connectivity index (χ1n) is 3.06.